The lowest BCUT2D eigenvalue weighted by molar-refractivity contribution is -0.120. The van der Waals surface area contributed by atoms with Gasteiger partial charge in [-0.1, -0.05) is 23.2 Å². The summed E-state index contributed by atoms with van der Waals surface area (Å²) in [5.74, 6) is 1.62. The Hall–Kier alpha value is -3.43. The number of hydrogen-bond donors (Lipinski definition) is 1. The Labute approximate surface area is 199 Å². The molecule has 3 aromatic heterocycles. The zero-order chi connectivity index (χ0) is 22.8. The van der Waals surface area contributed by atoms with E-state index >= 15 is 0 Å². The summed E-state index contributed by atoms with van der Waals surface area (Å²) in [6.07, 6.45) is 4.53. The van der Waals surface area contributed by atoms with Gasteiger partial charge in [-0.25, -0.2) is 4.98 Å². The molecule has 1 aliphatic rings. The molecule has 1 saturated heterocycles. The van der Waals surface area contributed by atoms with Gasteiger partial charge in [0, 0.05) is 30.9 Å². The first-order valence-electron chi connectivity index (χ1n) is 10.4. The van der Waals surface area contributed by atoms with Crippen LogP contribution in [0.4, 0.5) is 11.5 Å². The summed E-state index contributed by atoms with van der Waals surface area (Å²) in [5, 5.41) is 16.1. The molecule has 0 atom stereocenters. The van der Waals surface area contributed by atoms with Crippen molar-refractivity contribution in [1.29, 1.82) is 0 Å². The fourth-order valence-corrected chi connectivity index (χ4v) is 4.12. The molecule has 33 heavy (non-hydrogen) atoms. The van der Waals surface area contributed by atoms with Crippen molar-refractivity contribution in [3.8, 4) is 11.6 Å². The van der Waals surface area contributed by atoms with E-state index in [9.17, 15) is 4.79 Å². The number of rotatable bonds is 5. The van der Waals surface area contributed by atoms with Gasteiger partial charge in [0.05, 0.1) is 5.02 Å². The Balaban J connectivity index is 1.15. The van der Waals surface area contributed by atoms with Crippen molar-refractivity contribution in [1.82, 2.24) is 24.8 Å². The molecule has 0 spiro atoms. The summed E-state index contributed by atoms with van der Waals surface area (Å²) in [5.41, 5.74) is 1.40. The topological polar surface area (TPSA) is 97.5 Å². The summed E-state index contributed by atoms with van der Waals surface area (Å²) in [7, 11) is 0. The first-order chi connectivity index (χ1) is 16.0. The molecule has 1 aromatic carbocycles. The third kappa shape index (κ3) is 4.84. The van der Waals surface area contributed by atoms with Crippen LogP contribution in [-0.2, 0) is 4.79 Å². The molecule has 0 saturated carbocycles. The van der Waals surface area contributed by atoms with Crippen molar-refractivity contribution >= 4 is 46.3 Å². The van der Waals surface area contributed by atoms with Crippen LogP contribution in [0.2, 0.25) is 10.0 Å². The van der Waals surface area contributed by atoms with Crippen LogP contribution in [0, 0.1) is 5.92 Å². The zero-order valence-corrected chi connectivity index (χ0v) is 18.9. The molecule has 1 N–H and O–H groups in total. The van der Waals surface area contributed by atoms with E-state index in [2.05, 4.69) is 30.5 Å². The number of halogens is 2. The minimum atomic E-state index is -0.0621. The molecule has 0 bridgehead atoms. The molecule has 11 heteroatoms. The molecule has 1 aliphatic heterocycles. The Kier molecular flexibility index (Phi) is 5.97. The van der Waals surface area contributed by atoms with Gasteiger partial charge in [0.25, 0.3) is 0 Å². The Morgan fingerprint density at radius 2 is 1.88 bits per heavy atom. The largest absolute Gasteiger partial charge is 0.438 e. The number of carbonyl (C=O) groups is 1. The molecular formula is C22H19Cl2N7O2. The predicted molar refractivity (Wildman–Crippen MR) is 125 cm³/mol. The van der Waals surface area contributed by atoms with E-state index in [0.717, 1.165) is 31.7 Å². The number of pyridine rings is 1. The average Bonchev–Trinajstić information content (AvgIpc) is 3.30. The minimum absolute atomic E-state index is 0.00736. The highest BCUT2D eigenvalue weighted by Crippen LogP contribution is 2.30. The van der Waals surface area contributed by atoms with Crippen molar-refractivity contribution in [2.75, 3.05) is 23.3 Å². The molecule has 4 heterocycles. The summed E-state index contributed by atoms with van der Waals surface area (Å²) >= 11 is 11.9. The Morgan fingerprint density at radius 1 is 1.09 bits per heavy atom. The second-order valence-corrected chi connectivity index (χ2v) is 8.49. The maximum Gasteiger partial charge on any atom is 0.238 e. The Morgan fingerprint density at radius 3 is 2.64 bits per heavy atom. The van der Waals surface area contributed by atoms with Gasteiger partial charge in [-0.3, -0.25) is 4.79 Å². The molecule has 0 aliphatic carbocycles. The number of piperidine rings is 1. The van der Waals surface area contributed by atoms with Gasteiger partial charge in [0.2, 0.25) is 11.8 Å². The van der Waals surface area contributed by atoms with Crippen molar-refractivity contribution in [3.05, 3.63) is 65.0 Å². The summed E-state index contributed by atoms with van der Waals surface area (Å²) in [6, 6.07) is 12.4. The molecule has 168 valence electrons. The van der Waals surface area contributed by atoms with Gasteiger partial charge in [0.1, 0.15) is 22.9 Å². The SMILES string of the molecule is O=C(Nc1ccc(Oc2ncc(Cl)cc2Cl)cc1)C1CCN(c2ccc3nncn3n2)CC1. The fraction of sp³-hybridized carbons (Fsp3) is 0.227. The van der Waals surface area contributed by atoms with E-state index < -0.39 is 0 Å². The van der Waals surface area contributed by atoms with Crippen molar-refractivity contribution in [3.63, 3.8) is 0 Å². The van der Waals surface area contributed by atoms with Crippen LogP contribution in [0.15, 0.2) is 55.0 Å². The Bertz CT molecular complexity index is 1290. The van der Waals surface area contributed by atoms with Crippen LogP contribution >= 0.6 is 23.2 Å². The van der Waals surface area contributed by atoms with E-state index in [4.69, 9.17) is 27.9 Å². The second-order valence-electron chi connectivity index (χ2n) is 7.64. The van der Waals surface area contributed by atoms with E-state index in [-0.39, 0.29) is 17.7 Å². The maximum absolute atomic E-state index is 12.8. The van der Waals surface area contributed by atoms with Gasteiger partial charge in [-0.15, -0.1) is 15.3 Å². The molecule has 5 rings (SSSR count). The summed E-state index contributed by atoms with van der Waals surface area (Å²) in [4.78, 5) is 19.0. The van der Waals surface area contributed by atoms with Crippen LogP contribution in [0.25, 0.3) is 5.65 Å². The number of benzene rings is 1. The average molecular weight is 484 g/mol. The molecule has 1 amide bonds. The lowest BCUT2D eigenvalue weighted by Gasteiger charge is -2.32. The number of amides is 1. The first kappa shape index (κ1) is 21.4. The van der Waals surface area contributed by atoms with Gasteiger partial charge < -0.3 is 15.0 Å². The first-order valence-corrected chi connectivity index (χ1v) is 11.1. The zero-order valence-electron chi connectivity index (χ0n) is 17.4. The van der Waals surface area contributed by atoms with Crippen LogP contribution in [-0.4, -0.2) is 43.8 Å². The van der Waals surface area contributed by atoms with Crippen LogP contribution in [0.3, 0.4) is 0 Å². The number of aromatic nitrogens is 5. The molecule has 0 radical (unpaired) electrons. The van der Waals surface area contributed by atoms with Crippen molar-refractivity contribution in [2.24, 2.45) is 5.92 Å². The summed E-state index contributed by atoms with van der Waals surface area (Å²) < 4.78 is 7.33. The van der Waals surface area contributed by atoms with Crippen LogP contribution in [0.5, 0.6) is 11.6 Å². The normalized spacial score (nSPS) is 14.4. The monoisotopic (exact) mass is 483 g/mol. The second kappa shape index (κ2) is 9.21. The van der Waals surface area contributed by atoms with Gasteiger partial charge in [0.15, 0.2) is 5.65 Å². The molecular weight excluding hydrogens is 465 g/mol. The number of anilines is 2. The lowest BCUT2D eigenvalue weighted by atomic mass is 9.96. The predicted octanol–water partition coefficient (Wildman–Crippen LogP) is 4.47. The van der Waals surface area contributed by atoms with Gasteiger partial charge in [-0.2, -0.15) is 4.52 Å². The van der Waals surface area contributed by atoms with Gasteiger partial charge >= 0.3 is 0 Å². The molecule has 4 aromatic rings. The lowest BCUT2D eigenvalue weighted by Crippen LogP contribution is -2.38. The highest BCUT2D eigenvalue weighted by molar-refractivity contribution is 6.35. The number of nitrogens with zero attached hydrogens (tertiary/aromatic N) is 6. The van der Waals surface area contributed by atoms with E-state index in [1.165, 1.54) is 6.20 Å². The van der Waals surface area contributed by atoms with Gasteiger partial charge in [-0.05, 0) is 55.3 Å². The van der Waals surface area contributed by atoms with E-state index in [1.54, 1.807) is 41.2 Å². The summed E-state index contributed by atoms with van der Waals surface area (Å²) in [6.45, 7) is 1.50. The third-order valence-corrected chi connectivity index (χ3v) is 5.93. The number of fused-ring (bicyclic) bond motifs is 1. The van der Waals surface area contributed by atoms with E-state index in [1.807, 2.05) is 12.1 Å². The van der Waals surface area contributed by atoms with Crippen LogP contribution < -0.4 is 15.0 Å². The molecule has 0 unspecified atom stereocenters. The fourth-order valence-electron chi connectivity index (χ4n) is 3.70. The standard InChI is InChI=1S/C22H19Cl2N7O2/c23-15-11-18(24)22(25-12-15)33-17-3-1-16(2-4-17)27-21(32)14-7-9-30(10-8-14)20-6-5-19-28-26-13-31(19)29-20/h1-6,11-14H,7-10H2,(H,27,32). The number of carbonyl (C=O) groups excluding carboxylic acids is 1. The molecule has 9 nitrogen and oxygen atoms in total. The maximum atomic E-state index is 12.8. The smallest absolute Gasteiger partial charge is 0.238 e. The number of nitrogens with one attached hydrogen (secondary N) is 1. The number of hydrogen-bond acceptors (Lipinski definition) is 7. The third-order valence-electron chi connectivity index (χ3n) is 5.45. The highest BCUT2D eigenvalue weighted by Gasteiger charge is 2.26. The van der Waals surface area contributed by atoms with Crippen LogP contribution in [0.1, 0.15) is 12.8 Å². The van der Waals surface area contributed by atoms with Crippen molar-refractivity contribution in [2.45, 2.75) is 12.8 Å². The van der Waals surface area contributed by atoms with Crippen molar-refractivity contribution < 1.29 is 9.53 Å². The number of ether oxygens (including phenoxy) is 1. The highest BCUT2D eigenvalue weighted by atomic mass is 35.5. The quantitative estimate of drug-likeness (QED) is 0.446. The molecule has 1 fully saturated rings. The minimum Gasteiger partial charge on any atom is -0.438 e. The van der Waals surface area contributed by atoms with E-state index in [0.29, 0.717) is 27.1 Å².